The second-order valence-electron chi connectivity index (χ2n) is 6.18. The predicted molar refractivity (Wildman–Crippen MR) is 92.5 cm³/mol. The molecule has 1 aliphatic rings. The summed E-state index contributed by atoms with van der Waals surface area (Å²) < 4.78 is 0. The van der Waals surface area contributed by atoms with E-state index in [2.05, 4.69) is 15.3 Å². The van der Waals surface area contributed by atoms with Crippen LogP contribution in [-0.4, -0.2) is 34.3 Å². The SMILES string of the molecule is NC/C(=C\NC1CC(CCCO)C1)c1cnc2ccccc2n1. The van der Waals surface area contributed by atoms with E-state index in [9.17, 15) is 0 Å². The zero-order valence-corrected chi connectivity index (χ0v) is 13.3. The number of aromatic nitrogens is 2. The van der Waals surface area contributed by atoms with Crippen LogP contribution in [0.15, 0.2) is 36.7 Å². The molecule has 0 amide bonds. The van der Waals surface area contributed by atoms with Crippen molar-refractivity contribution >= 4 is 16.6 Å². The highest BCUT2D eigenvalue weighted by molar-refractivity contribution is 5.76. The van der Waals surface area contributed by atoms with Crippen LogP contribution in [0.1, 0.15) is 31.4 Å². The van der Waals surface area contributed by atoms with E-state index in [0.29, 0.717) is 19.2 Å². The van der Waals surface area contributed by atoms with Crippen LogP contribution in [0.3, 0.4) is 0 Å². The minimum Gasteiger partial charge on any atom is -0.396 e. The molecule has 0 saturated heterocycles. The van der Waals surface area contributed by atoms with Gasteiger partial charge in [0.1, 0.15) is 0 Å². The molecule has 0 aliphatic heterocycles. The van der Waals surface area contributed by atoms with Crippen LogP contribution in [0.5, 0.6) is 0 Å². The third-order valence-electron chi connectivity index (χ3n) is 4.50. The highest BCUT2D eigenvalue weighted by atomic mass is 16.2. The first kappa shape index (κ1) is 15.9. The number of aliphatic hydroxyl groups excluding tert-OH is 1. The Kier molecular flexibility index (Phi) is 5.20. The third-order valence-corrected chi connectivity index (χ3v) is 4.50. The molecule has 1 heterocycles. The highest BCUT2D eigenvalue weighted by Gasteiger charge is 2.27. The molecule has 0 atom stereocenters. The number of aliphatic hydroxyl groups is 1. The molecule has 0 radical (unpaired) electrons. The number of nitrogens with one attached hydrogen (secondary N) is 1. The number of fused-ring (bicyclic) bond motifs is 1. The molecule has 5 heteroatoms. The molecule has 23 heavy (non-hydrogen) atoms. The molecule has 3 rings (SSSR count). The van der Waals surface area contributed by atoms with E-state index in [0.717, 1.165) is 53.9 Å². The average molecular weight is 312 g/mol. The number of hydrogen-bond donors (Lipinski definition) is 3. The van der Waals surface area contributed by atoms with Gasteiger partial charge in [0.05, 0.1) is 22.9 Å². The quantitative estimate of drug-likeness (QED) is 0.729. The Labute approximate surface area is 136 Å². The van der Waals surface area contributed by atoms with Crippen molar-refractivity contribution in [3.8, 4) is 0 Å². The van der Waals surface area contributed by atoms with Crippen LogP contribution in [-0.2, 0) is 0 Å². The molecule has 2 aromatic rings. The monoisotopic (exact) mass is 312 g/mol. The molecule has 5 nitrogen and oxygen atoms in total. The van der Waals surface area contributed by atoms with Crippen LogP contribution in [0, 0.1) is 5.92 Å². The Bertz CT molecular complexity index is 680. The topological polar surface area (TPSA) is 84.1 Å². The summed E-state index contributed by atoms with van der Waals surface area (Å²) in [6.07, 6.45) is 8.14. The van der Waals surface area contributed by atoms with Crippen molar-refractivity contribution < 1.29 is 5.11 Å². The van der Waals surface area contributed by atoms with Gasteiger partial charge in [0.2, 0.25) is 0 Å². The maximum atomic E-state index is 8.86. The van der Waals surface area contributed by atoms with E-state index < -0.39 is 0 Å². The van der Waals surface area contributed by atoms with Gasteiger partial charge in [-0.3, -0.25) is 4.98 Å². The van der Waals surface area contributed by atoms with Gasteiger partial charge in [-0.15, -0.1) is 0 Å². The summed E-state index contributed by atoms with van der Waals surface area (Å²) >= 11 is 0. The lowest BCUT2D eigenvalue weighted by Crippen LogP contribution is -2.38. The van der Waals surface area contributed by atoms with Crippen molar-refractivity contribution in [2.24, 2.45) is 11.7 Å². The van der Waals surface area contributed by atoms with Gasteiger partial charge in [0, 0.05) is 31.0 Å². The molecule has 0 bridgehead atoms. The Morgan fingerprint density at radius 1 is 1.30 bits per heavy atom. The molecule has 1 aromatic heterocycles. The van der Waals surface area contributed by atoms with E-state index in [-0.39, 0.29) is 0 Å². The molecule has 122 valence electrons. The molecular weight excluding hydrogens is 288 g/mol. The lowest BCUT2D eigenvalue weighted by molar-refractivity contribution is 0.198. The largest absolute Gasteiger partial charge is 0.396 e. The van der Waals surface area contributed by atoms with E-state index >= 15 is 0 Å². The normalized spacial score (nSPS) is 21.2. The van der Waals surface area contributed by atoms with Crippen LogP contribution >= 0.6 is 0 Å². The van der Waals surface area contributed by atoms with Crippen molar-refractivity contribution in [3.05, 3.63) is 42.4 Å². The van der Waals surface area contributed by atoms with Gasteiger partial charge in [0.25, 0.3) is 0 Å². The van der Waals surface area contributed by atoms with Crippen molar-refractivity contribution in [3.63, 3.8) is 0 Å². The number of hydrogen-bond acceptors (Lipinski definition) is 5. The van der Waals surface area contributed by atoms with Crippen molar-refractivity contribution in [1.29, 1.82) is 0 Å². The van der Waals surface area contributed by atoms with Crippen LogP contribution in [0.4, 0.5) is 0 Å². The molecule has 1 aromatic carbocycles. The van der Waals surface area contributed by atoms with E-state index in [4.69, 9.17) is 10.8 Å². The standard InChI is InChI=1S/C18H24N4O/c19-10-14(11-20-15-8-13(9-15)4-3-7-23)18-12-21-16-5-1-2-6-17(16)22-18/h1-2,5-6,11-13,15,20,23H,3-4,7-10,19H2/b14-11+. The Balaban J connectivity index is 1.62. The van der Waals surface area contributed by atoms with Gasteiger partial charge < -0.3 is 16.2 Å². The Morgan fingerprint density at radius 3 is 2.83 bits per heavy atom. The maximum absolute atomic E-state index is 8.86. The molecular formula is C18H24N4O. The number of nitrogens with zero attached hydrogens (tertiary/aromatic N) is 2. The minimum atomic E-state index is 0.298. The van der Waals surface area contributed by atoms with Gasteiger partial charge in [-0.1, -0.05) is 12.1 Å². The summed E-state index contributed by atoms with van der Waals surface area (Å²) in [5.41, 5.74) is 9.47. The summed E-state index contributed by atoms with van der Waals surface area (Å²) in [7, 11) is 0. The zero-order valence-electron chi connectivity index (χ0n) is 13.3. The first-order valence-corrected chi connectivity index (χ1v) is 8.28. The minimum absolute atomic E-state index is 0.298. The fourth-order valence-corrected chi connectivity index (χ4v) is 3.06. The molecule has 0 spiro atoms. The van der Waals surface area contributed by atoms with E-state index in [1.54, 1.807) is 6.20 Å². The fraction of sp³-hybridized carbons (Fsp3) is 0.444. The summed E-state index contributed by atoms with van der Waals surface area (Å²) in [6.45, 7) is 0.729. The Morgan fingerprint density at radius 2 is 2.09 bits per heavy atom. The second kappa shape index (κ2) is 7.53. The van der Waals surface area contributed by atoms with Gasteiger partial charge in [0.15, 0.2) is 0 Å². The highest BCUT2D eigenvalue weighted by Crippen LogP contribution is 2.31. The lowest BCUT2D eigenvalue weighted by Gasteiger charge is -2.35. The zero-order chi connectivity index (χ0) is 16.1. The van der Waals surface area contributed by atoms with Gasteiger partial charge in [-0.05, 0) is 43.7 Å². The number of benzene rings is 1. The van der Waals surface area contributed by atoms with Crippen molar-refractivity contribution in [2.45, 2.75) is 31.7 Å². The van der Waals surface area contributed by atoms with Crippen LogP contribution in [0.25, 0.3) is 16.6 Å². The molecule has 1 saturated carbocycles. The summed E-state index contributed by atoms with van der Waals surface area (Å²) in [5.74, 6) is 0.745. The third kappa shape index (κ3) is 3.86. The first-order valence-electron chi connectivity index (χ1n) is 8.28. The fourth-order valence-electron chi connectivity index (χ4n) is 3.06. The van der Waals surface area contributed by atoms with Gasteiger partial charge in [-0.2, -0.15) is 0 Å². The number of para-hydroxylation sites is 2. The van der Waals surface area contributed by atoms with E-state index in [1.165, 1.54) is 0 Å². The first-order chi connectivity index (χ1) is 11.3. The summed E-state index contributed by atoms with van der Waals surface area (Å²) in [5, 5.41) is 12.3. The lowest BCUT2D eigenvalue weighted by atomic mass is 9.77. The number of nitrogens with two attached hydrogens (primary N) is 1. The second-order valence-corrected chi connectivity index (χ2v) is 6.18. The maximum Gasteiger partial charge on any atom is 0.0894 e. The smallest absolute Gasteiger partial charge is 0.0894 e. The van der Waals surface area contributed by atoms with Crippen LogP contribution in [0.2, 0.25) is 0 Å². The predicted octanol–water partition coefficient (Wildman–Crippen LogP) is 2.07. The van der Waals surface area contributed by atoms with Gasteiger partial charge >= 0.3 is 0 Å². The van der Waals surface area contributed by atoms with Gasteiger partial charge in [-0.25, -0.2) is 4.98 Å². The van der Waals surface area contributed by atoms with Crippen molar-refractivity contribution in [2.75, 3.05) is 13.2 Å². The van der Waals surface area contributed by atoms with Crippen molar-refractivity contribution in [1.82, 2.24) is 15.3 Å². The molecule has 4 N–H and O–H groups in total. The van der Waals surface area contributed by atoms with Crippen LogP contribution < -0.4 is 11.1 Å². The summed E-state index contributed by atoms with van der Waals surface area (Å²) in [4.78, 5) is 9.09. The number of rotatable bonds is 7. The Hall–Kier alpha value is -1.98. The average Bonchev–Trinajstić information content (AvgIpc) is 2.56. The molecule has 0 unspecified atom stereocenters. The summed E-state index contributed by atoms with van der Waals surface area (Å²) in [6, 6.07) is 8.35. The van der Waals surface area contributed by atoms with E-state index in [1.807, 2.05) is 30.5 Å². The molecule has 1 aliphatic carbocycles. The molecule has 1 fully saturated rings.